The van der Waals surface area contributed by atoms with Crippen molar-refractivity contribution in [2.45, 2.75) is 43.7 Å². The van der Waals surface area contributed by atoms with Crippen LogP contribution in [0.4, 0.5) is 0 Å². The van der Waals surface area contributed by atoms with E-state index < -0.39 is 21.5 Å². The molecule has 0 spiro atoms. The number of carbonyl (C=O) groups excluding carboxylic acids is 1. The SMILES string of the molecule is CC1CCCCN1S(=O)(=O)c1ccc2[nH]c(=O)cc(C(=O)NCc3cccnc3)c2c1. The molecule has 2 N–H and O–H groups in total. The van der Waals surface area contributed by atoms with Crippen LogP contribution in [0, 0.1) is 0 Å². The van der Waals surface area contributed by atoms with Crippen LogP contribution in [0.2, 0.25) is 0 Å². The van der Waals surface area contributed by atoms with E-state index in [-0.39, 0.29) is 23.0 Å². The van der Waals surface area contributed by atoms with Crippen LogP contribution in [0.25, 0.3) is 10.9 Å². The van der Waals surface area contributed by atoms with Gasteiger partial charge in [-0.3, -0.25) is 14.6 Å². The van der Waals surface area contributed by atoms with Crippen molar-refractivity contribution >= 4 is 26.8 Å². The maximum atomic E-state index is 13.2. The summed E-state index contributed by atoms with van der Waals surface area (Å²) in [6, 6.07) is 9.20. The van der Waals surface area contributed by atoms with Gasteiger partial charge in [0.15, 0.2) is 0 Å². The molecule has 3 aromatic rings. The number of hydrogen-bond donors (Lipinski definition) is 2. The second-order valence-corrected chi connectivity index (χ2v) is 9.65. The molecule has 1 atom stereocenters. The van der Waals surface area contributed by atoms with Crippen LogP contribution in [0.1, 0.15) is 42.1 Å². The van der Waals surface area contributed by atoms with Crippen molar-refractivity contribution in [3.8, 4) is 0 Å². The van der Waals surface area contributed by atoms with Crippen molar-refractivity contribution in [1.29, 1.82) is 0 Å². The number of piperidine rings is 1. The molecule has 1 fully saturated rings. The number of benzene rings is 1. The molecule has 1 unspecified atom stereocenters. The number of hydrogen-bond acceptors (Lipinski definition) is 5. The van der Waals surface area contributed by atoms with Crippen LogP contribution in [-0.4, -0.2) is 41.2 Å². The lowest BCUT2D eigenvalue weighted by atomic mass is 10.1. The van der Waals surface area contributed by atoms with Crippen LogP contribution < -0.4 is 10.9 Å². The van der Waals surface area contributed by atoms with Gasteiger partial charge < -0.3 is 10.3 Å². The van der Waals surface area contributed by atoms with Crippen molar-refractivity contribution in [1.82, 2.24) is 19.6 Å². The molecule has 1 amide bonds. The summed E-state index contributed by atoms with van der Waals surface area (Å²) in [6.45, 7) is 2.63. The molecule has 0 aliphatic carbocycles. The Kier molecular flexibility index (Phi) is 5.88. The van der Waals surface area contributed by atoms with Gasteiger partial charge in [-0.2, -0.15) is 4.31 Å². The summed E-state index contributed by atoms with van der Waals surface area (Å²) in [5.41, 5.74) is 0.919. The normalized spacial score (nSPS) is 17.5. The molecule has 0 bridgehead atoms. The number of fused-ring (bicyclic) bond motifs is 1. The Balaban J connectivity index is 1.71. The summed E-state index contributed by atoms with van der Waals surface area (Å²) >= 11 is 0. The number of nitrogens with one attached hydrogen (secondary N) is 2. The number of pyridine rings is 2. The van der Waals surface area contributed by atoms with Gasteiger partial charge in [-0.25, -0.2) is 8.42 Å². The third kappa shape index (κ3) is 4.38. The highest BCUT2D eigenvalue weighted by molar-refractivity contribution is 7.89. The number of aromatic amines is 1. The number of nitrogens with zero attached hydrogens (tertiary/aromatic N) is 2. The predicted molar refractivity (Wildman–Crippen MR) is 117 cm³/mol. The van der Waals surface area contributed by atoms with E-state index in [0.29, 0.717) is 17.4 Å². The minimum absolute atomic E-state index is 0.0766. The Morgan fingerprint density at radius 1 is 1.26 bits per heavy atom. The van der Waals surface area contributed by atoms with E-state index in [0.717, 1.165) is 24.8 Å². The van der Waals surface area contributed by atoms with Crippen LogP contribution in [-0.2, 0) is 16.6 Å². The number of sulfonamides is 1. The molecule has 0 radical (unpaired) electrons. The zero-order chi connectivity index (χ0) is 22.0. The Bertz CT molecular complexity index is 1270. The molecule has 1 aliphatic rings. The molecule has 4 rings (SSSR count). The molecular formula is C22H24N4O4S. The number of rotatable bonds is 5. The minimum atomic E-state index is -3.71. The molecule has 2 aromatic heterocycles. The summed E-state index contributed by atoms with van der Waals surface area (Å²) in [6.07, 6.45) is 5.93. The van der Waals surface area contributed by atoms with Gasteiger partial charge in [0.05, 0.1) is 10.5 Å². The molecule has 1 saturated heterocycles. The van der Waals surface area contributed by atoms with Crippen molar-refractivity contribution in [3.05, 3.63) is 70.3 Å². The zero-order valence-electron chi connectivity index (χ0n) is 17.2. The summed E-state index contributed by atoms with van der Waals surface area (Å²) in [5.74, 6) is -0.458. The average molecular weight is 441 g/mol. The highest BCUT2D eigenvalue weighted by Crippen LogP contribution is 2.27. The van der Waals surface area contributed by atoms with E-state index in [1.807, 2.05) is 13.0 Å². The van der Waals surface area contributed by atoms with Crippen LogP contribution >= 0.6 is 0 Å². The monoisotopic (exact) mass is 440 g/mol. The Labute approximate surface area is 180 Å². The van der Waals surface area contributed by atoms with Crippen LogP contribution in [0.3, 0.4) is 0 Å². The maximum Gasteiger partial charge on any atom is 0.252 e. The largest absolute Gasteiger partial charge is 0.348 e. The third-order valence-corrected chi connectivity index (χ3v) is 7.59. The van der Waals surface area contributed by atoms with Gasteiger partial charge in [0.2, 0.25) is 15.6 Å². The highest BCUT2D eigenvalue weighted by Gasteiger charge is 2.31. The second-order valence-electron chi connectivity index (χ2n) is 7.76. The van der Waals surface area contributed by atoms with Crippen LogP contribution in [0.15, 0.2) is 58.5 Å². The molecule has 1 aliphatic heterocycles. The number of aromatic nitrogens is 2. The van der Waals surface area contributed by atoms with E-state index in [2.05, 4.69) is 15.3 Å². The third-order valence-electron chi connectivity index (χ3n) is 5.58. The zero-order valence-corrected chi connectivity index (χ0v) is 18.0. The van der Waals surface area contributed by atoms with Crippen LogP contribution in [0.5, 0.6) is 0 Å². The minimum Gasteiger partial charge on any atom is -0.348 e. The Morgan fingerprint density at radius 2 is 2.10 bits per heavy atom. The molecule has 1 aromatic carbocycles. The van der Waals surface area contributed by atoms with Gasteiger partial charge in [0.1, 0.15) is 0 Å². The van der Waals surface area contributed by atoms with Gasteiger partial charge in [-0.15, -0.1) is 0 Å². The lowest BCUT2D eigenvalue weighted by molar-refractivity contribution is 0.0952. The summed E-state index contributed by atoms with van der Waals surface area (Å²) in [4.78, 5) is 31.7. The van der Waals surface area contributed by atoms with E-state index in [1.54, 1.807) is 18.5 Å². The average Bonchev–Trinajstić information content (AvgIpc) is 2.77. The molecule has 8 nitrogen and oxygen atoms in total. The predicted octanol–water partition coefficient (Wildman–Crippen LogP) is 2.42. The van der Waals surface area contributed by atoms with Crippen molar-refractivity contribution < 1.29 is 13.2 Å². The Hall–Kier alpha value is -3.04. The van der Waals surface area contributed by atoms with Crippen molar-refractivity contribution in [3.63, 3.8) is 0 Å². The second kappa shape index (κ2) is 8.60. The fourth-order valence-electron chi connectivity index (χ4n) is 3.93. The van der Waals surface area contributed by atoms with Gasteiger partial charge in [0, 0.05) is 48.5 Å². The molecule has 31 heavy (non-hydrogen) atoms. The lowest BCUT2D eigenvalue weighted by Crippen LogP contribution is -2.41. The number of carbonyl (C=O) groups is 1. The van der Waals surface area contributed by atoms with Crippen molar-refractivity contribution in [2.75, 3.05) is 6.54 Å². The summed E-state index contributed by atoms with van der Waals surface area (Å²) in [7, 11) is -3.71. The number of amides is 1. The topological polar surface area (TPSA) is 112 Å². The van der Waals surface area contributed by atoms with Gasteiger partial charge in [0.25, 0.3) is 5.91 Å². The first-order valence-electron chi connectivity index (χ1n) is 10.2. The number of H-pyrrole nitrogens is 1. The van der Waals surface area contributed by atoms with E-state index in [9.17, 15) is 18.0 Å². The Morgan fingerprint density at radius 3 is 2.84 bits per heavy atom. The van der Waals surface area contributed by atoms with E-state index in [1.165, 1.54) is 28.6 Å². The summed E-state index contributed by atoms with van der Waals surface area (Å²) < 4.78 is 28.0. The molecule has 0 saturated carbocycles. The molecule has 162 valence electrons. The molecule has 3 heterocycles. The maximum absolute atomic E-state index is 13.2. The van der Waals surface area contributed by atoms with E-state index in [4.69, 9.17) is 0 Å². The summed E-state index contributed by atoms with van der Waals surface area (Å²) in [5, 5.41) is 3.16. The first kappa shape index (κ1) is 21.2. The molecule has 9 heteroatoms. The highest BCUT2D eigenvalue weighted by atomic mass is 32.2. The fourth-order valence-corrected chi connectivity index (χ4v) is 5.65. The van der Waals surface area contributed by atoms with E-state index >= 15 is 0 Å². The standard InChI is InChI=1S/C22H24N4O4S/c1-15-5-2-3-10-26(15)31(29,30)17-7-8-20-18(11-17)19(12-21(27)25-20)22(28)24-14-16-6-4-9-23-13-16/h4,6-9,11-13,15H,2-3,5,10,14H2,1H3,(H,24,28)(H,25,27). The first-order valence-corrected chi connectivity index (χ1v) is 11.7. The first-order chi connectivity index (χ1) is 14.9. The smallest absolute Gasteiger partial charge is 0.252 e. The molecular weight excluding hydrogens is 416 g/mol. The lowest BCUT2D eigenvalue weighted by Gasteiger charge is -2.32. The fraction of sp³-hybridized carbons (Fsp3) is 0.318. The quantitative estimate of drug-likeness (QED) is 0.633. The van der Waals surface area contributed by atoms with Gasteiger partial charge in [-0.05, 0) is 49.6 Å². The van der Waals surface area contributed by atoms with Crippen molar-refractivity contribution in [2.24, 2.45) is 0 Å². The van der Waals surface area contributed by atoms with Gasteiger partial charge >= 0.3 is 0 Å². The van der Waals surface area contributed by atoms with Gasteiger partial charge in [-0.1, -0.05) is 12.5 Å².